The number of benzene rings is 1. The maximum absolute atomic E-state index is 5.33. The molecule has 136 valence electrons. The first-order chi connectivity index (χ1) is 12.0. The number of methoxy groups -OCH3 is 1. The van der Waals surface area contributed by atoms with E-state index in [0.29, 0.717) is 13.1 Å². The van der Waals surface area contributed by atoms with Gasteiger partial charge in [-0.3, -0.25) is 9.67 Å². The van der Waals surface area contributed by atoms with Gasteiger partial charge in [-0.25, -0.2) is 4.98 Å². The molecule has 0 amide bonds. The first-order valence-electron chi connectivity index (χ1n) is 8.13. The molecule has 0 radical (unpaired) electrons. The van der Waals surface area contributed by atoms with E-state index in [0.717, 1.165) is 17.5 Å². The molecule has 2 N–H and O–H groups in total. The van der Waals surface area contributed by atoms with Crippen molar-refractivity contribution in [2.24, 2.45) is 12.0 Å². The van der Waals surface area contributed by atoms with E-state index in [1.54, 1.807) is 18.8 Å². The predicted molar refractivity (Wildman–Crippen MR) is 98.6 cm³/mol. The van der Waals surface area contributed by atoms with Gasteiger partial charge in [0.15, 0.2) is 5.96 Å². The zero-order valence-electron chi connectivity index (χ0n) is 15.5. The van der Waals surface area contributed by atoms with Gasteiger partial charge in [-0.15, -0.1) is 0 Å². The maximum atomic E-state index is 5.33. The van der Waals surface area contributed by atoms with E-state index in [9.17, 15) is 0 Å². The lowest BCUT2D eigenvalue weighted by molar-refractivity contribution is 0.297. The molecule has 0 fully saturated rings. The Bertz CT molecular complexity index is 696. The highest BCUT2D eigenvalue weighted by molar-refractivity contribution is 5.79. The van der Waals surface area contributed by atoms with Crippen LogP contribution < -0.4 is 15.4 Å². The Balaban J connectivity index is 1.97. The van der Waals surface area contributed by atoms with E-state index in [1.165, 1.54) is 11.9 Å². The largest absolute Gasteiger partial charge is 0.497 e. The van der Waals surface area contributed by atoms with Crippen molar-refractivity contribution in [2.75, 3.05) is 34.8 Å². The molecule has 0 saturated heterocycles. The van der Waals surface area contributed by atoms with Crippen molar-refractivity contribution < 1.29 is 4.74 Å². The molecule has 1 aromatic carbocycles. The van der Waals surface area contributed by atoms with Crippen LogP contribution in [0, 0.1) is 0 Å². The molecule has 8 heteroatoms. The minimum Gasteiger partial charge on any atom is -0.497 e. The third-order valence-corrected chi connectivity index (χ3v) is 4.01. The van der Waals surface area contributed by atoms with Crippen LogP contribution in [0.1, 0.15) is 17.4 Å². The quantitative estimate of drug-likeness (QED) is 0.571. The SMILES string of the molecule is CN=C(NCc1ncnn1C)NCC(c1cccc(OC)c1)N(C)C. The van der Waals surface area contributed by atoms with Crippen molar-refractivity contribution in [3.05, 3.63) is 42.0 Å². The van der Waals surface area contributed by atoms with Gasteiger partial charge in [0.05, 0.1) is 19.7 Å². The average Bonchev–Trinajstić information content (AvgIpc) is 3.02. The Morgan fingerprint density at radius 2 is 2.16 bits per heavy atom. The molecule has 8 nitrogen and oxygen atoms in total. The smallest absolute Gasteiger partial charge is 0.191 e. The van der Waals surface area contributed by atoms with E-state index < -0.39 is 0 Å². The summed E-state index contributed by atoms with van der Waals surface area (Å²) in [6, 6.07) is 8.30. The number of aliphatic imine (C=N–C) groups is 1. The summed E-state index contributed by atoms with van der Waals surface area (Å²) in [5.41, 5.74) is 1.18. The number of hydrogen-bond donors (Lipinski definition) is 2. The van der Waals surface area contributed by atoms with Gasteiger partial charge < -0.3 is 20.3 Å². The van der Waals surface area contributed by atoms with E-state index in [2.05, 4.69) is 56.8 Å². The summed E-state index contributed by atoms with van der Waals surface area (Å²) in [6.07, 6.45) is 1.54. The van der Waals surface area contributed by atoms with Crippen molar-refractivity contribution in [1.29, 1.82) is 0 Å². The van der Waals surface area contributed by atoms with Crippen LogP contribution in [0.3, 0.4) is 0 Å². The molecule has 0 aliphatic heterocycles. The molecule has 1 heterocycles. The van der Waals surface area contributed by atoms with Gasteiger partial charge in [0.1, 0.15) is 17.9 Å². The number of likely N-dealkylation sites (N-methyl/N-ethyl adjacent to an activating group) is 1. The average molecular weight is 345 g/mol. The summed E-state index contributed by atoms with van der Waals surface area (Å²) >= 11 is 0. The molecule has 1 atom stereocenters. The molecule has 0 bridgehead atoms. The topological polar surface area (TPSA) is 79.6 Å². The molecule has 2 aromatic rings. The first kappa shape index (κ1) is 18.7. The van der Waals surface area contributed by atoms with Crippen molar-refractivity contribution in [3.8, 4) is 5.75 Å². The van der Waals surface area contributed by atoms with Gasteiger partial charge in [0.25, 0.3) is 0 Å². The molecule has 25 heavy (non-hydrogen) atoms. The summed E-state index contributed by atoms with van der Waals surface area (Å²) in [4.78, 5) is 10.6. The number of aryl methyl sites for hydroxylation is 1. The minimum atomic E-state index is 0.184. The Kier molecular flexibility index (Phi) is 6.76. The second kappa shape index (κ2) is 9.03. The molecular formula is C17H27N7O. The third kappa shape index (κ3) is 5.18. The minimum absolute atomic E-state index is 0.184. The van der Waals surface area contributed by atoms with Crippen LogP contribution >= 0.6 is 0 Å². The molecule has 0 saturated carbocycles. The molecule has 2 rings (SSSR count). The van der Waals surface area contributed by atoms with Gasteiger partial charge in [0, 0.05) is 20.6 Å². The number of nitrogens with one attached hydrogen (secondary N) is 2. The standard InChI is InChI=1S/C17H27N7O/c1-18-17(20-11-16-21-12-22-24(16)4)19-10-15(23(2)3)13-7-6-8-14(9-13)25-5/h6-9,12,15H,10-11H2,1-5H3,(H2,18,19,20). The van der Waals surface area contributed by atoms with Gasteiger partial charge in [-0.2, -0.15) is 5.10 Å². The lowest BCUT2D eigenvalue weighted by Crippen LogP contribution is -2.41. The Morgan fingerprint density at radius 1 is 1.36 bits per heavy atom. The highest BCUT2D eigenvalue weighted by Gasteiger charge is 2.15. The Labute approximate surface area is 148 Å². The van der Waals surface area contributed by atoms with E-state index >= 15 is 0 Å². The van der Waals surface area contributed by atoms with Crippen LogP contribution in [0.15, 0.2) is 35.6 Å². The maximum Gasteiger partial charge on any atom is 0.191 e. The van der Waals surface area contributed by atoms with Gasteiger partial charge in [0.2, 0.25) is 0 Å². The number of rotatable bonds is 7. The Morgan fingerprint density at radius 3 is 2.76 bits per heavy atom. The van der Waals surface area contributed by atoms with E-state index in [-0.39, 0.29) is 6.04 Å². The summed E-state index contributed by atoms with van der Waals surface area (Å²) in [5.74, 6) is 2.42. The van der Waals surface area contributed by atoms with Crippen LogP contribution in [-0.4, -0.2) is 60.4 Å². The fourth-order valence-corrected chi connectivity index (χ4v) is 2.50. The van der Waals surface area contributed by atoms with Crippen molar-refractivity contribution in [2.45, 2.75) is 12.6 Å². The fraction of sp³-hybridized carbons (Fsp3) is 0.471. The van der Waals surface area contributed by atoms with Gasteiger partial charge >= 0.3 is 0 Å². The number of aromatic nitrogens is 3. The predicted octanol–water partition coefficient (Wildman–Crippen LogP) is 0.792. The van der Waals surface area contributed by atoms with Crippen molar-refractivity contribution in [1.82, 2.24) is 30.3 Å². The number of ether oxygens (including phenoxy) is 1. The lowest BCUT2D eigenvalue weighted by atomic mass is 10.1. The van der Waals surface area contributed by atoms with Crippen molar-refractivity contribution in [3.63, 3.8) is 0 Å². The zero-order valence-corrected chi connectivity index (χ0v) is 15.5. The second-order valence-electron chi connectivity index (χ2n) is 5.86. The van der Waals surface area contributed by atoms with E-state index in [1.807, 2.05) is 19.2 Å². The normalized spacial score (nSPS) is 13.0. The lowest BCUT2D eigenvalue weighted by Gasteiger charge is -2.26. The molecule has 0 spiro atoms. The Hall–Kier alpha value is -2.61. The summed E-state index contributed by atoms with van der Waals surface area (Å²) < 4.78 is 7.07. The second-order valence-corrected chi connectivity index (χ2v) is 5.86. The first-order valence-corrected chi connectivity index (χ1v) is 8.13. The summed E-state index contributed by atoms with van der Waals surface area (Å²) in [7, 11) is 9.41. The highest BCUT2D eigenvalue weighted by atomic mass is 16.5. The molecular weight excluding hydrogens is 318 g/mol. The van der Waals surface area contributed by atoms with Gasteiger partial charge in [-0.1, -0.05) is 12.1 Å². The molecule has 0 aliphatic rings. The number of nitrogens with zero attached hydrogens (tertiary/aromatic N) is 5. The fourth-order valence-electron chi connectivity index (χ4n) is 2.50. The summed E-state index contributed by atoms with van der Waals surface area (Å²) in [5, 5.41) is 10.7. The molecule has 1 aromatic heterocycles. The molecule has 1 unspecified atom stereocenters. The number of hydrogen-bond acceptors (Lipinski definition) is 5. The monoisotopic (exact) mass is 345 g/mol. The van der Waals surface area contributed by atoms with Crippen LogP contribution in [0.5, 0.6) is 5.75 Å². The summed E-state index contributed by atoms with van der Waals surface area (Å²) in [6.45, 7) is 1.26. The van der Waals surface area contributed by atoms with E-state index in [4.69, 9.17) is 4.74 Å². The number of guanidine groups is 1. The van der Waals surface area contributed by atoms with Crippen LogP contribution in [0.4, 0.5) is 0 Å². The van der Waals surface area contributed by atoms with Crippen LogP contribution in [0.25, 0.3) is 0 Å². The third-order valence-electron chi connectivity index (χ3n) is 4.01. The molecule has 0 aliphatic carbocycles. The van der Waals surface area contributed by atoms with Crippen molar-refractivity contribution >= 4 is 5.96 Å². The van der Waals surface area contributed by atoms with Crippen LogP contribution in [0.2, 0.25) is 0 Å². The van der Waals surface area contributed by atoms with Crippen LogP contribution in [-0.2, 0) is 13.6 Å². The highest BCUT2D eigenvalue weighted by Crippen LogP contribution is 2.21. The zero-order chi connectivity index (χ0) is 18.2. The van der Waals surface area contributed by atoms with Gasteiger partial charge in [-0.05, 0) is 31.8 Å².